The number of methoxy groups -OCH3 is 1. The van der Waals surface area contributed by atoms with Crippen LogP contribution in [0.4, 0.5) is 0 Å². The predicted octanol–water partition coefficient (Wildman–Crippen LogP) is 2.59. The molecule has 0 bridgehead atoms. The number of nitrogens with one attached hydrogen (secondary N) is 1. The van der Waals surface area contributed by atoms with Gasteiger partial charge < -0.3 is 15.8 Å². The van der Waals surface area contributed by atoms with Crippen LogP contribution >= 0.6 is 11.3 Å². The molecule has 20 heavy (non-hydrogen) atoms. The second-order valence-corrected chi connectivity index (χ2v) is 6.13. The molecule has 1 aliphatic carbocycles. The van der Waals surface area contributed by atoms with Crippen LogP contribution < -0.4 is 11.1 Å². The molecule has 2 rings (SSSR count). The molecule has 1 fully saturated rings. The first-order chi connectivity index (χ1) is 9.69. The van der Waals surface area contributed by atoms with Gasteiger partial charge in [-0.25, -0.2) is 9.98 Å². The van der Waals surface area contributed by atoms with Gasteiger partial charge in [-0.1, -0.05) is 19.3 Å². The molecule has 3 N–H and O–H groups in total. The Balaban J connectivity index is 1.83. The van der Waals surface area contributed by atoms with Crippen molar-refractivity contribution in [2.24, 2.45) is 10.7 Å². The van der Waals surface area contributed by atoms with E-state index >= 15 is 0 Å². The van der Waals surface area contributed by atoms with Gasteiger partial charge in [-0.05, 0) is 19.8 Å². The average molecular weight is 296 g/mol. The van der Waals surface area contributed by atoms with Crippen LogP contribution in [0.2, 0.25) is 0 Å². The van der Waals surface area contributed by atoms with Crippen molar-refractivity contribution in [1.29, 1.82) is 0 Å². The Morgan fingerprint density at radius 2 is 2.30 bits per heavy atom. The first-order valence-corrected chi connectivity index (χ1v) is 8.10. The lowest BCUT2D eigenvalue weighted by molar-refractivity contribution is 0.119. The van der Waals surface area contributed by atoms with E-state index in [1.54, 1.807) is 18.4 Å². The van der Waals surface area contributed by atoms with Crippen LogP contribution in [0.1, 0.15) is 55.8 Å². The molecular formula is C14H24N4OS. The van der Waals surface area contributed by atoms with Crippen LogP contribution in [-0.2, 0) is 11.3 Å². The van der Waals surface area contributed by atoms with Crippen molar-refractivity contribution in [3.8, 4) is 0 Å². The molecular weight excluding hydrogens is 272 g/mol. The highest BCUT2D eigenvalue weighted by molar-refractivity contribution is 7.09. The second-order valence-electron chi connectivity index (χ2n) is 5.24. The lowest BCUT2D eigenvalue weighted by atomic mass is 9.96. The molecule has 0 aliphatic heterocycles. The molecule has 112 valence electrons. The van der Waals surface area contributed by atoms with E-state index in [0.29, 0.717) is 18.5 Å². The minimum absolute atomic E-state index is 0.0374. The summed E-state index contributed by atoms with van der Waals surface area (Å²) in [7, 11) is 1.69. The fourth-order valence-electron chi connectivity index (χ4n) is 2.35. The summed E-state index contributed by atoms with van der Waals surface area (Å²) in [5, 5.41) is 6.31. The largest absolute Gasteiger partial charge is 0.375 e. The lowest BCUT2D eigenvalue weighted by Gasteiger charge is -2.23. The third kappa shape index (κ3) is 4.45. The van der Waals surface area contributed by atoms with Crippen molar-refractivity contribution in [1.82, 2.24) is 10.3 Å². The zero-order valence-corrected chi connectivity index (χ0v) is 13.1. The topological polar surface area (TPSA) is 72.5 Å². The Morgan fingerprint density at radius 3 is 3.00 bits per heavy atom. The SMILES string of the molecule is COC(C)c1nc(CN=C(N)NC2CCCCC2)cs1. The summed E-state index contributed by atoms with van der Waals surface area (Å²) < 4.78 is 5.25. The molecule has 1 aliphatic rings. The number of thiazole rings is 1. The zero-order valence-electron chi connectivity index (χ0n) is 12.3. The molecule has 0 radical (unpaired) electrons. The highest BCUT2D eigenvalue weighted by Gasteiger charge is 2.13. The van der Waals surface area contributed by atoms with Gasteiger partial charge >= 0.3 is 0 Å². The number of hydrogen-bond donors (Lipinski definition) is 2. The Hall–Kier alpha value is -1.14. The van der Waals surface area contributed by atoms with E-state index in [1.807, 2.05) is 12.3 Å². The summed E-state index contributed by atoms with van der Waals surface area (Å²) in [5.41, 5.74) is 6.88. The number of ether oxygens (including phenoxy) is 1. The number of guanidine groups is 1. The average Bonchev–Trinajstić information content (AvgIpc) is 2.94. The van der Waals surface area contributed by atoms with E-state index in [4.69, 9.17) is 10.5 Å². The van der Waals surface area contributed by atoms with Crippen LogP contribution in [-0.4, -0.2) is 24.1 Å². The Labute approximate surface area is 124 Å². The van der Waals surface area contributed by atoms with Gasteiger partial charge in [0.25, 0.3) is 0 Å². The van der Waals surface area contributed by atoms with Crippen molar-refractivity contribution < 1.29 is 4.74 Å². The van der Waals surface area contributed by atoms with Gasteiger partial charge in [0.2, 0.25) is 0 Å². The van der Waals surface area contributed by atoms with Crippen LogP contribution in [0.5, 0.6) is 0 Å². The van der Waals surface area contributed by atoms with Gasteiger partial charge in [0.05, 0.1) is 12.2 Å². The fraction of sp³-hybridized carbons (Fsp3) is 0.714. The van der Waals surface area contributed by atoms with Crippen molar-refractivity contribution in [2.75, 3.05) is 7.11 Å². The quantitative estimate of drug-likeness (QED) is 0.647. The van der Waals surface area contributed by atoms with Crippen LogP contribution in [0.3, 0.4) is 0 Å². The van der Waals surface area contributed by atoms with Gasteiger partial charge in [-0.15, -0.1) is 11.3 Å². The molecule has 5 nitrogen and oxygen atoms in total. The molecule has 0 amide bonds. The zero-order chi connectivity index (χ0) is 14.4. The molecule has 0 spiro atoms. The Kier molecular flexibility index (Phi) is 5.79. The Bertz CT molecular complexity index is 440. The number of hydrogen-bond acceptors (Lipinski definition) is 4. The van der Waals surface area contributed by atoms with Crippen LogP contribution in [0, 0.1) is 0 Å². The van der Waals surface area contributed by atoms with Gasteiger partial charge in [-0.3, -0.25) is 0 Å². The minimum atomic E-state index is 0.0374. The monoisotopic (exact) mass is 296 g/mol. The van der Waals surface area contributed by atoms with Gasteiger partial charge in [0, 0.05) is 18.5 Å². The molecule has 6 heteroatoms. The van der Waals surface area contributed by atoms with Gasteiger partial charge in [-0.2, -0.15) is 0 Å². The van der Waals surface area contributed by atoms with Crippen LogP contribution in [0.25, 0.3) is 0 Å². The predicted molar refractivity (Wildman–Crippen MR) is 82.9 cm³/mol. The Morgan fingerprint density at radius 1 is 1.55 bits per heavy atom. The van der Waals surface area contributed by atoms with Crippen molar-refractivity contribution in [3.63, 3.8) is 0 Å². The van der Waals surface area contributed by atoms with E-state index in [1.165, 1.54) is 32.1 Å². The number of aliphatic imine (C=N–C) groups is 1. The summed E-state index contributed by atoms with van der Waals surface area (Å²) in [6.07, 6.45) is 6.35. The third-order valence-corrected chi connectivity index (χ3v) is 4.69. The molecule has 1 heterocycles. The lowest BCUT2D eigenvalue weighted by Crippen LogP contribution is -2.41. The number of aromatic nitrogens is 1. The number of nitrogens with zero attached hydrogens (tertiary/aromatic N) is 2. The summed E-state index contributed by atoms with van der Waals surface area (Å²) in [4.78, 5) is 8.88. The highest BCUT2D eigenvalue weighted by Crippen LogP contribution is 2.20. The van der Waals surface area contributed by atoms with E-state index < -0.39 is 0 Å². The first kappa shape index (κ1) is 15.3. The number of rotatable bonds is 5. The smallest absolute Gasteiger partial charge is 0.189 e. The summed E-state index contributed by atoms with van der Waals surface area (Å²) in [6.45, 7) is 2.52. The van der Waals surface area contributed by atoms with E-state index in [2.05, 4.69) is 15.3 Å². The van der Waals surface area contributed by atoms with Crippen molar-refractivity contribution >= 4 is 17.3 Å². The maximum absolute atomic E-state index is 5.93. The molecule has 0 aromatic carbocycles. The van der Waals surface area contributed by atoms with Crippen molar-refractivity contribution in [2.45, 2.75) is 57.7 Å². The standard InChI is InChI=1S/C14H24N4OS/c1-10(19-2)13-17-12(9-20-13)8-16-14(15)18-11-6-4-3-5-7-11/h9-11H,3-8H2,1-2H3,(H3,15,16,18). The van der Waals surface area contributed by atoms with Gasteiger partial charge in [0.15, 0.2) is 5.96 Å². The van der Waals surface area contributed by atoms with E-state index in [-0.39, 0.29) is 6.10 Å². The van der Waals surface area contributed by atoms with E-state index in [9.17, 15) is 0 Å². The molecule has 0 saturated heterocycles. The highest BCUT2D eigenvalue weighted by atomic mass is 32.1. The molecule has 1 atom stereocenters. The summed E-state index contributed by atoms with van der Waals surface area (Å²) in [6, 6.07) is 0.493. The fourth-order valence-corrected chi connectivity index (χ4v) is 3.19. The normalized spacial score (nSPS) is 19.0. The summed E-state index contributed by atoms with van der Waals surface area (Å²) >= 11 is 1.60. The molecule has 1 aromatic rings. The molecule has 1 aromatic heterocycles. The third-order valence-electron chi connectivity index (χ3n) is 3.64. The van der Waals surface area contributed by atoms with Crippen LogP contribution in [0.15, 0.2) is 10.4 Å². The molecule has 1 unspecified atom stereocenters. The first-order valence-electron chi connectivity index (χ1n) is 7.22. The maximum Gasteiger partial charge on any atom is 0.189 e. The number of nitrogens with two attached hydrogens (primary N) is 1. The minimum Gasteiger partial charge on any atom is -0.375 e. The van der Waals surface area contributed by atoms with Crippen molar-refractivity contribution in [3.05, 3.63) is 16.1 Å². The molecule has 1 saturated carbocycles. The van der Waals surface area contributed by atoms with Gasteiger partial charge in [0.1, 0.15) is 11.1 Å². The maximum atomic E-state index is 5.93. The summed E-state index contributed by atoms with van der Waals surface area (Å²) in [5.74, 6) is 0.534. The van der Waals surface area contributed by atoms with E-state index in [0.717, 1.165) is 10.7 Å². The second kappa shape index (κ2) is 7.59.